The number of ether oxygens (including phenoxy) is 2. The van der Waals surface area contributed by atoms with Crippen molar-refractivity contribution >= 4 is 17.5 Å². The molecule has 3 N–H and O–H groups in total. The zero-order valence-electron chi connectivity index (χ0n) is 24.6. The van der Waals surface area contributed by atoms with Gasteiger partial charge >= 0.3 is 0 Å². The fraction of sp³-hybridized carbons (Fsp3) is 0.429. The molecule has 1 fully saturated rings. The molecule has 2 amide bonds. The Bertz CT molecular complexity index is 1320. The Labute approximate surface area is 249 Å². The van der Waals surface area contributed by atoms with Crippen LogP contribution >= 0.6 is 0 Å². The van der Waals surface area contributed by atoms with Gasteiger partial charge in [-0.3, -0.25) is 9.59 Å². The minimum absolute atomic E-state index is 0.0945. The van der Waals surface area contributed by atoms with Crippen LogP contribution in [0, 0.1) is 11.8 Å². The zero-order chi connectivity index (χ0) is 29.1. The maximum absolute atomic E-state index is 13.5. The number of nitrogens with one attached hydrogen (secondary N) is 3. The van der Waals surface area contributed by atoms with E-state index in [0.29, 0.717) is 49.3 Å². The van der Waals surface area contributed by atoms with Gasteiger partial charge in [0.2, 0.25) is 5.91 Å². The van der Waals surface area contributed by atoms with Crippen LogP contribution in [0.5, 0.6) is 11.5 Å². The lowest BCUT2D eigenvalue weighted by Crippen LogP contribution is -2.39. The lowest BCUT2D eigenvalue weighted by Gasteiger charge is -2.29. The van der Waals surface area contributed by atoms with E-state index in [1.807, 2.05) is 36.4 Å². The molecule has 3 aromatic rings. The molecular weight excluding hydrogens is 526 g/mol. The summed E-state index contributed by atoms with van der Waals surface area (Å²) in [6.07, 6.45) is 7.23. The molecule has 1 aliphatic heterocycles. The number of carbonyl (C=O) groups is 2. The molecule has 0 saturated heterocycles. The first kappa shape index (κ1) is 29.5. The van der Waals surface area contributed by atoms with Crippen LogP contribution in [0.15, 0.2) is 72.8 Å². The van der Waals surface area contributed by atoms with E-state index in [1.54, 1.807) is 19.2 Å². The third-order valence-corrected chi connectivity index (χ3v) is 8.67. The Balaban J connectivity index is 1.13. The number of carbonyl (C=O) groups excluding carboxylic acids is 2. The monoisotopic (exact) mass is 569 g/mol. The maximum Gasteiger partial charge on any atom is 0.251 e. The fourth-order valence-corrected chi connectivity index (χ4v) is 6.30. The molecule has 7 heteroatoms. The van der Waals surface area contributed by atoms with Crippen LogP contribution < -0.4 is 25.4 Å². The van der Waals surface area contributed by atoms with Crippen molar-refractivity contribution in [3.05, 3.63) is 89.5 Å². The van der Waals surface area contributed by atoms with Gasteiger partial charge in [-0.25, -0.2) is 0 Å². The highest BCUT2D eigenvalue weighted by Crippen LogP contribution is 2.36. The summed E-state index contributed by atoms with van der Waals surface area (Å²) in [5, 5.41) is 9.78. The van der Waals surface area contributed by atoms with Crippen LogP contribution in [0.4, 0.5) is 5.69 Å². The predicted octanol–water partition coefficient (Wildman–Crippen LogP) is 6.31. The number of hydrogen-bond donors (Lipinski definition) is 3. The van der Waals surface area contributed by atoms with Crippen molar-refractivity contribution in [2.24, 2.45) is 11.8 Å². The zero-order valence-corrected chi connectivity index (χ0v) is 24.6. The van der Waals surface area contributed by atoms with Crippen LogP contribution in [-0.4, -0.2) is 38.6 Å². The Kier molecular flexibility index (Phi) is 10.4. The van der Waals surface area contributed by atoms with E-state index >= 15 is 0 Å². The van der Waals surface area contributed by atoms with Crippen molar-refractivity contribution in [1.82, 2.24) is 10.6 Å². The van der Waals surface area contributed by atoms with Crippen molar-refractivity contribution in [3.63, 3.8) is 0 Å². The molecule has 1 aliphatic carbocycles. The second kappa shape index (κ2) is 14.8. The molecule has 2 unspecified atom stereocenters. The van der Waals surface area contributed by atoms with Gasteiger partial charge in [0, 0.05) is 42.7 Å². The quantitative estimate of drug-likeness (QED) is 0.225. The highest BCUT2D eigenvalue weighted by Gasteiger charge is 2.30. The molecule has 5 rings (SSSR count). The van der Waals surface area contributed by atoms with Gasteiger partial charge in [-0.1, -0.05) is 55.7 Å². The molecule has 2 aliphatic rings. The Morgan fingerprint density at radius 2 is 1.74 bits per heavy atom. The standard InChI is InChI=1S/C35H43N3O4/c1-41-29-14-8-13-27(21-29)34(39)36-20-18-31(26-11-6-3-7-12-26)35(40)37-19-17-28-23-38-33-16-15-30(22-32(28)33)42-24-25-9-4-2-5-10-25/h2,4-5,8-10,13-16,21-22,26,28,31,38H,3,6-7,11-12,17-20,23-24H2,1H3,(H,36,39)(H,37,40). The fourth-order valence-electron chi connectivity index (χ4n) is 6.30. The number of benzene rings is 3. The smallest absolute Gasteiger partial charge is 0.251 e. The number of hydrogen-bond acceptors (Lipinski definition) is 5. The van der Waals surface area contributed by atoms with Crippen molar-refractivity contribution < 1.29 is 19.1 Å². The Morgan fingerprint density at radius 3 is 2.55 bits per heavy atom. The molecule has 42 heavy (non-hydrogen) atoms. The SMILES string of the molecule is COc1cccc(C(=O)NCCC(C(=O)NCCC2CNc3ccc(OCc4ccccc4)cc32)C2CCCCC2)c1. The second-order valence-electron chi connectivity index (χ2n) is 11.5. The van der Waals surface area contributed by atoms with Gasteiger partial charge in [-0.05, 0) is 79.1 Å². The van der Waals surface area contributed by atoms with Gasteiger partial charge in [0.05, 0.1) is 7.11 Å². The first-order valence-electron chi connectivity index (χ1n) is 15.3. The van der Waals surface area contributed by atoms with Gasteiger partial charge in [-0.15, -0.1) is 0 Å². The van der Waals surface area contributed by atoms with E-state index in [1.165, 1.54) is 24.8 Å². The van der Waals surface area contributed by atoms with Crippen molar-refractivity contribution in [1.29, 1.82) is 0 Å². The summed E-state index contributed by atoms with van der Waals surface area (Å²) >= 11 is 0. The summed E-state index contributed by atoms with van der Waals surface area (Å²) < 4.78 is 11.3. The van der Waals surface area contributed by atoms with Crippen LogP contribution in [-0.2, 0) is 11.4 Å². The number of methoxy groups -OCH3 is 1. The Morgan fingerprint density at radius 1 is 0.905 bits per heavy atom. The third-order valence-electron chi connectivity index (χ3n) is 8.67. The lowest BCUT2D eigenvalue weighted by molar-refractivity contribution is -0.127. The number of anilines is 1. The van der Waals surface area contributed by atoms with Crippen molar-refractivity contribution in [3.8, 4) is 11.5 Å². The summed E-state index contributed by atoms with van der Waals surface area (Å²) in [5.74, 6) is 2.08. The molecular formula is C35H43N3O4. The lowest BCUT2D eigenvalue weighted by atomic mass is 9.78. The molecule has 7 nitrogen and oxygen atoms in total. The second-order valence-corrected chi connectivity index (χ2v) is 11.5. The van der Waals surface area contributed by atoms with E-state index in [4.69, 9.17) is 9.47 Å². The molecule has 0 radical (unpaired) electrons. The van der Waals surface area contributed by atoms with E-state index in [2.05, 4.69) is 40.2 Å². The van der Waals surface area contributed by atoms with Gasteiger partial charge in [0.25, 0.3) is 5.91 Å². The largest absolute Gasteiger partial charge is 0.497 e. The molecule has 0 bridgehead atoms. The van der Waals surface area contributed by atoms with Crippen LogP contribution in [0.25, 0.3) is 0 Å². The molecule has 222 valence electrons. The number of fused-ring (bicyclic) bond motifs is 1. The average molecular weight is 570 g/mol. The molecule has 0 spiro atoms. The molecule has 2 atom stereocenters. The normalized spacial score (nSPS) is 17.0. The molecule has 3 aromatic carbocycles. The number of amides is 2. The summed E-state index contributed by atoms with van der Waals surface area (Å²) in [4.78, 5) is 26.2. The number of rotatable bonds is 13. The highest BCUT2D eigenvalue weighted by atomic mass is 16.5. The van der Waals surface area contributed by atoms with Gasteiger partial charge in [0.15, 0.2) is 0 Å². The summed E-state index contributed by atoms with van der Waals surface area (Å²) in [7, 11) is 1.59. The first-order chi connectivity index (χ1) is 20.6. The van der Waals surface area contributed by atoms with Crippen LogP contribution in [0.2, 0.25) is 0 Å². The topological polar surface area (TPSA) is 88.7 Å². The summed E-state index contributed by atoms with van der Waals surface area (Å²) in [6.45, 7) is 2.49. The average Bonchev–Trinajstić information content (AvgIpc) is 3.45. The Hall–Kier alpha value is -4.00. The van der Waals surface area contributed by atoms with Crippen molar-refractivity contribution in [2.45, 2.75) is 57.5 Å². The predicted molar refractivity (Wildman–Crippen MR) is 166 cm³/mol. The van der Waals surface area contributed by atoms with Gasteiger partial charge < -0.3 is 25.4 Å². The van der Waals surface area contributed by atoms with E-state index in [0.717, 1.165) is 42.8 Å². The molecule has 1 heterocycles. The third kappa shape index (κ3) is 7.84. The van der Waals surface area contributed by atoms with Crippen molar-refractivity contribution in [2.75, 3.05) is 32.1 Å². The van der Waals surface area contributed by atoms with E-state index < -0.39 is 0 Å². The first-order valence-corrected chi connectivity index (χ1v) is 15.3. The van der Waals surface area contributed by atoms with Gasteiger partial charge in [0.1, 0.15) is 18.1 Å². The van der Waals surface area contributed by atoms with E-state index in [-0.39, 0.29) is 17.7 Å². The maximum atomic E-state index is 13.5. The van der Waals surface area contributed by atoms with Gasteiger partial charge in [-0.2, -0.15) is 0 Å². The summed E-state index contributed by atoms with van der Waals surface area (Å²) in [6, 6.07) is 23.6. The summed E-state index contributed by atoms with van der Waals surface area (Å²) in [5.41, 5.74) is 4.10. The van der Waals surface area contributed by atoms with Crippen LogP contribution in [0.1, 0.15) is 72.3 Å². The molecule has 1 saturated carbocycles. The minimum Gasteiger partial charge on any atom is -0.497 e. The minimum atomic E-state index is -0.142. The highest BCUT2D eigenvalue weighted by molar-refractivity contribution is 5.94. The van der Waals surface area contributed by atoms with E-state index in [9.17, 15) is 9.59 Å². The van der Waals surface area contributed by atoms with Crippen LogP contribution in [0.3, 0.4) is 0 Å². The molecule has 0 aromatic heterocycles.